The van der Waals surface area contributed by atoms with E-state index in [9.17, 15) is 0 Å². The predicted molar refractivity (Wildman–Crippen MR) is 246 cm³/mol. The van der Waals surface area contributed by atoms with E-state index < -0.39 is 0 Å². The Morgan fingerprint density at radius 3 is 0.778 bits per heavy atom. The van der Waals surface area contributed by atoms with Crippen LogP contribution in [0.4, 0.5) is 0 Å². The third-order valence-corrected chi connectivity index (χ3v) is 10.0. The van der Waals surface area contributed by atoms with E-state index in [0.717, 1.165) is 32.3 Å². The normalized spacial score (nSPS) is 12.7. The minimum absolute atomic E-state index is 0.0550. The summed E-state index contributed by atoms with van der Waals surface area (Å²) in [7, 11) is 3.36. The molecule has 0 aliphatic heterocycles. The van der Waals surface area contributed by atoms with Crippen LogP contribution in [0.25, 0.3) is 11.1 Å². The summed E-state index contributed by atoms with van der Waals surface area (Å²) in [4.78, 5) is 0. The van der Waals surface area contributed by atoms with Crippen LogP contribution in [0, 0.1) is 13.8 Å². The average molecular weight is 897 g/mol. The van der Waals surface area contributed by atoms with Gasteiger partial charge >= 0.3 is 0 Å². The van der Waals surface area contributed by atoms with Gasteiger partial charge in [0.25, 0.3) is 0 Å². The molecule has 0 saturated heterocycles. The molecule has 0 fully saturated rings. The third-order valence-electron chi connectivity index (χ3n) is 10.0. The molecule has 0 N–H and O–H groups in total. The van der Waals surface area contributed by atoms with Gasteiger partial charge in [-0.3, -0.25) is 0 Å². The summed E-state index contributed by atoms with van der Waals surface area (Å²) in [5.74, 6) is 0. The summed E-state index contributed by atoms with van der Waals surface area (Å²) in [5, 5.41) is 0. The maximum Gasteiger partial charge on any atom is 0.0701 e. The van der Waals surface area contributed by atoms with Gasteiger partial charge in [-0.2, -0.15) is 0 Å². The van der Waals surface area contributed by atoms with E-state index in [2.05, 4.69) is 50.2 Å². The molecule has 0 heterocycles. The maximum atomic E-state index is 6.03. The average Bonchev–Trinajstić information content (AvgIpc) is 3.55. The first-order valence-corrected chi connectivity index (χ1v) is 23.3. The predicted octanol–water partition coefficient (Wildman–Crippen LogP) is 6.65. The molecule has 1 aliphatic carbocycles. The largest absolute Gasteiger partial charge is 0.382 e. The molecule has 0 bridgehead atoms. The molecular formula is C49H84O14. The van der Waals surface area contributed by atoms with E-state index in [1.807, 2.05) is 13.8 Å². The highest BCUT2D eigenvalue weighted by atomic mass is 16.6. The summed E-state index contributed by atoms with van der Waals surface area (Å²) in [5.41, 5.74) is 8.15. The van der Waals surface area contributed by atoms with Crippen molar-refractivity contribution in [3.8, 4) is 11.1 Å². The van der Waals surface area contributed by atoms with Crippen molar-refractivity contribution in [3.05, 3.63) is 58.7 Å². The molecule has 0 amide bonds. The number of ether oxygens (including phenoxy) is 14. The van der Waals surface area contributed by atoms with Gasteiger partial charge in [0.2, 0.25) is 0 Å². The third kappa shape index (κ3) is 26.0. The zero-order valence-electron chi connectivity index (χ0n) is 39.9. The maximum absolute atomic E-state index is 6.03. The van der Waals surface area contributed by atoms with Gasteiger partial charge in [-0.25, -0.2) is 0 Å². The summed E-state index contributed by atoms with van der Waals surface area (Å²) in [6, 6.07) is 13.9. The highest BCUT2D eigenvalue weighted by Gasteiger charge is 2.42. The number of rotatable bonds is 44. The fourth-order valence-electron chi connectivity index (χ4n) is 7.03. The molecule has 14 heteroatoms. The fraction of sp³-hybridized carbons (Fsp3) is 0.755. The first kappa shape index (κ1) is 57.0. The smallest absolute Gasteiger partial charge is 0.0701 e. The first-order chi connectivity index (χ1) is 31.1. The van der Waals surface area contributed by atoms with Gasteiger partial charge in [-0.1, -0.05) is 61.4 Å². The fourth-order valence-corrected chi connectivity index (χ4v) is 7.03. The molecule has 2 aromatic rings. The van der Waals surface area contributed by atoms with Gasteiger partial charge < -0.3 is 66.3 Å². The molecule has 0 aromatic heterocycles. The Labute approximate surface area is 380 Å². The lowest BCUT2D eigenvalue weighted by Gasteiger charge is -2.33. The zero-order valence-corrected chi connectivity index (χ0v) is 39.9. The molecule has 0 spiro atoms. The number of aryl methyl sites for hydroxylation is 2. The summed E-state index contributed by atoms with van der Waals surface area (Å²) in [6.07, 6.45) is 4.00. The lowest BCUT2D eigenvalue weighted by molar-refractivity contribution is -0.0280. The van der Waals surface area contributed by atoms with Crippen molar-refractivity contribution in [3.63, 3.8) is 0 Å². The van der Waals surface area contributed by atoms with Crippen LogP contribution in [-0.4, -0.2) is 186 Å². The van der Waals surface area contributed by atoms with E-state index in [1.165, 1.54) is 33.4 Å². The molecule has 364 valence electrons. The monoisotopic (exact) mass is 897 g/mol. The molecule has 0 radical (unpaired) electrons. The van der Waals surface area contributed by atoms with E-state index in [1.54, 1.807) is 14.2 Å². The number of hydrogen-bond acceptors (Lipinski definition) is 14. The van der Waals surface area contributed by atoms with Gasteiger partial charge in [0.05, 0.1) is 159 Å². The highest BCUT2D eigenvalue weighted by molar-refractivity contribution is 5.81. The Morgan fingerprint density at radius 2 is 0.540 bits per heavy atom. The van der Waals surface area contributed by atoms with E-state index in [-0.39, 0.29) is 5.41 Å². The van der Waals surface area contributed by atoms with Crippen LogP contribution in [0.2, 0.25) is 0 Å². The molecule has 63 heavy (non-hydrogen) atoms. The molecule has 0 atom stereocenters. The summed E-state index contributed by atoms with van der Waals surface area (Å²) >= 11 is 0. The van der Waals surface area contributed by atoms with Crippen LogP contribution in [0.5, 0.6) is 0 Å². The van der Waals surface area contributed by atoms with Crippen LogP contribution >= 0.6 is 0 Å². The number of hydrogen-bond donors (Lipinski definition) is 0. The lowest BCUT2D eigenvalue weighted by atomic mass is 9.71. The number of benzene rings is 2. The van der Waals surface area contributed by atoms with Crippen molar-refractivity contribution in [1.29, 1.82) is 0 Å². The summed E-state index contributed by atoms with van der Waals surface area (Å²) < 4.78 is 77.2. The van der Waals surface area contributed by atoms with Crippen molar-refractivity contribution in [1.82, 2.24) is 0 Å². The topological polar surface area (TPSA) is 129 Å². The minimum Gasteiger partial charge on any atom is -0.382 e. The van der Waals surface area contributed by atoms with Gasteiger partial charge in [-0.05, 0) is 61.8 Å². The Hall–Kier alpha value is -2.12. The quantitative estimate of drug-likeness (QED) is 0.0659. The van der Waals surface area contributed by atoms with Crippen LogP contribution in [0.15, 0.2) is 36.4 Å². The number of methoxy groups -OCH3 is 2. The SMILES string of the molecule is CC.COCCOCCCC1(CCCOCCOCCOCCOCCOCCOCCOCCOCCOCCOCCOCCOC)c2cc(C)ccc2-c2ccc(C)cc21. The van der Waals surface area contributed by atoms with E-state index in [0.29, 0.717) is 165 Å². The Morgan fingerprint density at radius 1 is 0.317 bits per heavy atom. The minimum atomic E-state index is -0.0550. The van der Waals surface area contributed by atoms with Crippen molar-refractivity contribution in [2.24, 2.45) is 0 Å². The lowest BCUT2D eigenvalue weighted by Crippen LogP contribution is -2.27. The molecule has 0 unspecified atom stereocenters. The Bertz CT molecular complexity index is 1280. The second-order valence-corrected chi connectivity index (χ2v) is 14.7. The van der Waals surface area contributed by atoms with E-state index >= 15 is 0 Å². The van der Waals surface area contributed by atoms with Crippen LogP contribution in [-0.2, 0) is 71.7 Å². The Kier molecular flexibility index (Phi) is 36.4. The van der Waals surface area contributed by atoms with Crippen LogP contribution < -0.4 is 0 Å². The number of fused-ring (bicyclic) bond motifs is 3. The van der Waals surface area contributed by atoms with Crippen molar-refractivity contribution >= 4 is 0 Å². The van der Waals surface area contributed by atoms with Gasteiger partial charge in [0, 0.05) is 32.8 Å². The van der Waals surface area contributed by atoms with Gasteiger partial charge in [-0.15, -0.1) is 0 Å². The molecule has 14 nitrogen and oxygen atoms in total. The standard InChI is InChI=1S/C47H78O14.C2H6/c1-41-7-9-43-44-10-8-42(2)40-46(44)47(45(43)39-41,11-5-13-50-17-15-48-3)12-6-14-51-19-20-53-23-24-55-27-28-57-31-32-59-35-36-61-38-37-60-34-33-58-30-29-56-26-25-54-22-21-52-18-16-49-4;1-2/h7-10,39-40H,5-6,11-38H2,1-4H3;1-2H3. The Balaban J connectivity index is 0.00000672. The molecule has 0 saturated carbocycles. The van der Waals surface area contributed by atoms with Crippen LogP contribution in [0.1, 0.15) is 61.8 Å². The zero-order chi connectivity index (χ0) is 45.3. The molecule has 2 aromatic carbocycles. The molecular weight excluding hydrogens is 813 g/mol. The van der Waals surface area contributed by atoms with Gasteiger partial charge in [0.15, 0.2) is 0 Å². The van der Waals surface area contributed by atoms with Crippen molar-refractivity contribution in [2.75, 3.05) is 186 Å². The molecule has 3 rings (SSSR count). The molecule has 1 aliphatic rings. The van der Waals surface area contributed by atoms with Crippen molar-refractivity contribution < 1.29 is 66.3 Å². The summed E-state index contributed by atoms with van der Waals surface area (Å²) in [6.45, 7) is 22.6. The van der Waals surface area contributed by atoms with Crippen molar-refractivity contribution in [2.45, 2.75) is 58.8 Å². The van der Waals surface area contributed by atoms with Gasteiger partial charge in [0.1, 0.15) is 0 Å². The second-order valence-electron chi connectivity index (χ2n) is 14.7. The highest BCUT2D eigenvalue weighted by Crippen LogP contribution is 2.54. The van der Waals surface area contributed by atoms with Crippen LogP contribution in [0.3, 0.4) is 0 Å². The van der Waals surface area contributed by atoms with E-state index in [4.69, 9.17) is 66.3 Å². The second kappa shape index (κ2) is 40.2. The first-order valence-electron chi connectivity index (χ1n) is 23.3.